The van der Waals surface area contributed by atoms with E-state index in [-0.39, 0.29) is 13.2 Å². The van der Waals surface area contributed by atoms with Gasteiger partial charge in [-0.25, -0.2) is 4.79 Å². The molecule has 1 aromatic rings. The average molecular weight is 251 g/mol. The standard InChI is InChI=1S/C12H13NO3S/c14-11(17)9-13-12(15)16-8-4-7-10-5-2-1-3-6-10/h1-7H,8-9H2,(H,13,15)(H,14,17)/b7-4+. The fourth-order valence-electron chi connectivity index (χ4n) is 1.07. The molecule has 0 saturated carbocycles. The van der Waals surface area contributed by atoms with Gasteiger partial charge in [-0.1, -0.05) is 36.4 Å². The lowest BCUT2D eigenvalue weighted by atomic mass is 10.2. The third-order valence-electron chi connectivity index (χ3n) is 1.80. The Morgan fingerprint density at radius 3 is 2.65 bits per heavy atom. The number of alkyl carbamates (subject to hydrolysis) is 1. The highest BCUT2D eigenvalue weighted by molar-refractivity contribution is 7.96. The largest absolute Gasteiger partial charge is 0.445 e. The smallest absolute Gasteiger partial charge is 0.407 e. The number of thiol groups is 1. The summed E-state index contributed by atoms with van der Waals surface area (Å²) in [7, 11) is 0. The molecule has 4 nitrogen and oxygen atoms in total. The molecule has 0 saturated heterocycles. The zero-order valence-electron chi connectivity index (χ0n) is 9.13. The van der Waals surface area contributed by atoms with Gasteiger partial charge in [0.25, 0.3) is 0 Å². The molecule has 17 heavy (non-hydrogen) atoms. The summed E-state index contributed by atoms with van der Waals surface area (Å²) < 4.78 is 4.79. The van der Waals surface area contributed by atoms with Crippen LogP contribution in [0.4, 0.5) is 4.79 Å². The molecule has 0 spiro atoms. The van der Waals surface area contributed by atoms with Crippen molar-refractivity contribution in [2.24, 2.45) is 0 Å². The number of carbonyl (C=O) groups excluding carboxylic acids is 2. The van der Waals surface area contributed by atoms with Gasteiger partial charge < -0.3 is 10.1 Å². The number of benzene rings is 1. The number of ether oxygens (including phenoxy) is 1. The molecule has 0 atom stereocenters. The summed E-state index contributed by atoms with van der Waals surface area (Å²) in [5.74, 6) is 0. The van der Waals surface area contributed by atoms with E-state index in [2.05, 4.69) is 17.9 Å². The van der Waals surface area contributed by atoms with Crippen LogP contribution in [0.15, 0.2) is 36.4 Å². The summed E-state index contributed by atoms with van der Waals surface area (Å²) in [6.07, 6.45) is 2.93. The molecule has 0 aliphatic rings. The highest BCUT2D eigenvalue weighted by Gasteiger charge is 2.01. The Balaban J connectivity index is 2.21. The minimum absolute atomic E-state index is 0.135. The van der Waals surface area contributed by atoms with E-state index in [4.69, 9.17) is 4.74 Å². The molecular weight excluding hydrogens is 238 g/mol. The van der Waals surface area contributed by atoms with Crippen LogP contribution in [-0.4, -0.2) is 24.4 Å². The Labute approximate surface area is 105 Å². The normalized spacial score (nSPS) is 10.2. The van der Waals surface area contributed by atoms with Gasteiger partial charge in [0.05, 0.1) is 6.54 Å². The third-order valence-corrected chi connectivity index (χ3v) is 1.96. The van der Waals surface area contributed by atoms with E-state index in [9.17, 15) is 9.59 Å². The lowest BCUT2D eigenvalue weighted by Crippen LogP contribution is -2.28. The monoisotopic (exact) mass is 251 g/mol. The molecule has 0 fully saturated rings. The van der Waals surface area contributed by atoms with Gasteiger partial charge in [-0.05, 0) is 11.6 Å². The first-order chi connectivity index (χ1) is 8.18. The van der Waals surface area contributed by atoms with Crippen LogP contribution in [0, 0.1) is 0 Å². The molecule has 0 unspecified atom stereocenters. The zero-order chi connectivity index (χ0) is 12.5. The van der Waals surface area contributed by atoms with Crippen LogP contribution in [0.1, 0.15) is 5.56 Å². The van der Waals surface area contributed by atoms with E-state index in [1.54, 1.807) is 6.08 Å². The van der Waals surface area contributed by atoms with Crippen molar-refractivity contribution in [3.05, 3.63) is 42.0 Å². The van der Waals surface area contributed by atoms with Crippen molar-refractivity contribution in [2.75, 3.05) is 13.2 Å². The Kier molecular flexibility index (Phi) is 5.88. The summed E-state index contributed by atoms with van der Waals surface area (Å²) >= 11 is 3.51. The van der Waals surface area contributed by atoms with Crippen molar-refractivity contribution in [3.8, 4) is 0 Å². The first kappa shape index (κ1) is 13.3. The van der Waals surface area contributed by atoms with E-state index in [1.807, 2.05) is 36.4 Å². The molecular formula is C12H13NO3S. The number of hydrogen-bond acceptors (Lipinski definition) is 3. The number of amides is 1. The van der Waals surface area contributed by atoms with Crippen LogP contribution < -0.4 is 5.32 Å². The Morgan fingerprint density at radius 2 is 2.00 bits per heavy atom. The van der Waals surface area contributed by atoms with Gasteiger partial charge in [-0.2, -0.15) is 0 Å². The second-order valence-electron chi connectivity index (χ2n) is 3.16. The Morgan fingerprint density at radius 1 is 1.29 bits per heavy atom. The van der Waals surface area contributed by atoms with Crippen LogP contribution >= 0.6 is 12.6 Å². The third kappa shape index (κ3) is 6.42. The summed E-state index contributed by atoms with van der Waals surface area (Å²) in [6.45, 7) is 0.0197. The number of rotatable bonds is 5. The molecule has 1 N–H and O–H groups in total. The number of hydrogen-bond donors (Lipinski definition) is 2. The van der Waals surface area contributed by atoms with Gasteiger partial charge >= 0.3 is 6.09 Å². The van der Waals surface area contributed by atoms with Crippen molar-refractivity contribution in [1.29, 1.82) is 0 Å². The molecule has 1 aromatic carbocycles. The van der Waals surface area contributed by atoms with Gasteiger partial charge in [0.15, 0.2) is 0 Å². The molecule has 1 amide bonds. The van der Waals surface area contributed by atoms with Gasteiger partial charge in [0.1, 0.15) is 6.61 Å². The van der Waals surface area contributed by atoms with Crippen LogP contribution in [-0.2, 0) is 9.53 Å². The van der Waals surface area contributed by atoms with Gasteiger partial charge in [0.2, 0.25) is 5.12 Å². The maximum atomic E-state index is 11.0. The first-order valence-electron chi connectivity index (χ1n) is 5.02. The highest BCUT2D eigenvalue weighted by Crippen LogP contribution is 2.00. The summed E-state index contributed by atoms with van der Waals surface area (Å²) in [6, 6.07) is 9.65. The summed E-state index contributed by atoms with van der Waals surface area (Å²) in [4.78, 5) is 21.4. The summed E-state index contributed by atoms with van der Waals surface area (Å²) in [5.41, 5.74) is 1.03. The van der Waals surface area contributed by atoms with E-state index in [0.29, 0.717) is 0 Å². The van der Waals surface area contributed by atoms with Crippen molar-refractivity contribution in [2.45, 2.75) is 0 Å². The molecule has 0 aliphatic heterocycles. The van der Waals surface area contributed by atoms with Crippen molar-refractivity contribution >= 4 is 29.9 Å². The Bertz CT molecular complexity index is 403. The van der Waals surface area contributed by atoms with E-state index < -0.39 is 11.2 Å². The molecule has 0 heterocycles. The second kappa shape index (κ2) is 7.51. The van der Waals surface area contributed by atoms with E-state index in [1.165, 1.54) is 0 Å². The fourth-order valence-corrected chi connectivity index (χ4v) is 1.15. The van der Waals surface area contributed by atoms with E-state index >= 15 is 0 Å². The SMILES string of the molecule is O=C(S)CNC(=O)OC/C=C/c1ccccc1. The quantitative estimate of drug-likeness (QED) is 0.786. The summed E-state index contributed by atoms with van der Waals surface area (Å²) in [5, 5.41) is 1.84. The van der Waals surface area contributed by atoms with Crippen LogP contribution in [0.25, 0.3) is 6.08 Å². The molecule has 0 aromatic heterocycles. The maximum absolute atomic E-state index is 11.0. The zero-order valence-corrected chi connectivity index (χ0v) is 10.0. The topological polar surface area (TPSA) is 55.4 Å². The van der Waals surface area contributed by atoms with Gasteiger partial charge in [-0.15, -0.1) is 12.6 Å². The van der Waals surface area contributed by atoms with Crippen molar-refractivity contribution < 1.29 is 14.3 Å². The number of carbonyl (C=O) groups is 2. The van der Waals surface area contributed by atoms with Gasteiger partial charge in [-0.3, -0.25) is 4.79 Å². The lowest BCUT2D eigenvalue weighted by molar-refractivity contribution is -0.110. The molecule has 90 valence electrons. The minimum Gasteiger partial charge on any atom is -0.445 e. The lowest BCUT2D eigenvalue weighted by Gasteiger charge is -2.02. The molecule has 0 bridgehead atoms. The predicted octanol–water partition coefficient (Wildman–Crippen LogP) is 1.88. The van der Waals surface area contributed by atoms with Gasteiger partial charge in [0, 0.05) is 0 Å². The Hall–Kier alpha value is -1.75. The van der Waals surface area contributed by atoms with Crippen LogP contribution in [0.2, 0.25) is 0 Å². The highest BCUT2D eigenvalue weighted by atomic mass is 32.1. The minimum atomic E-state index is -0.634. The van der Waals surface area contributed by atoms with Crippen molar-refractivity contribution in [1.82, 2.24) is 5.32 Å². The molecule has 5 heteroatoms. The van der Waals surface area contributed by atoms with Crippen LogP contribution in [0.3, 0.4) is 0 Å². The maximum Gasteiger partial charge on any atom is 0.407 e. The first-order valence-corrected chi connectivity index (χ1v) is 5.47. The van der Waals surface area contributed by atoms with E-state index in [0.717, 1.165) is 5.56 Å². The molecule has 0 aliphatic carbocycles. The fraction of sp³-hybridized carbons (Fsp3) is 0.167. The molecule has 1 rings (SSSR count). The molecule has 0 radical (unpaired) electrons. The van der Waals surface area contributed by atoms with Crippen molar-refractivity contribution in [3.63, 3.8) is 0 Å². The average Bonchev–Trinajstić information content (AvgIpc) is 2.33. The van der Waals surface area contributed by atoms with Crippen LogP contribution in [0.5, 0.6) is 0 Å². The predicted molar refractivity (Wildman–Crippen MR) is 68.8 cm³/mol. The number of nitrogens with one attached hydrogen (secondary N) is 1. The second-order valence-corrected chi connectivity index (χ2v) is 3.66.